The molecule has 12 heavy (non-hydrogen) atoms. The first-order chi connectivity index (χ1) is 5.74. The van der Waals surface area contributed by atoms with Crippen LogP contribution in [0.25, 0.3) is 0 Å². The minimum Gasteiger partial charge on any atom is -0.377 e. The van der Waals surface area contributed by atoms with Gasteiger partial charge in [0.1, 0.15) is 0 Å². The molecule has 0 amide bonds. The van der Waals surface area contributed by atoms with Crippen molar-refractivity contribution in [2.45, 2.75) is 13.5 Å². The average Bonchev–Trinajstić information content (AvgIpc) is 2.07. The Bertz CT molecular complexity index is 261. The zero-order valence-corrected chi connectivity index (χ0v) is 8.32. The SMILES string of the molecule is CCOCc1cc(Cl)ccc1Cl. The highest BCUT2D eigenvalue weighted by atomic mass is 35.5. The molecule has 1 aromatic carbocycles. The molecule has 0 atom stereocenters. The second-order valence-electron chi connectivity index (χ2n) is 2.37. The van der Waals surface area contributed by atoms with E-state index in [0.717, 1.165) is 5.56 Å². The highest BCUT2D eigenvalue weighted by molar-refractivity contribution is 6.33. The van der Waals surface area contributed by atoms with Gasteiger partial charge in [-0.1, -0.05) is 23.2 Å². The van der Waals surface area contributed by atoms with Crippen LogP contribution in [0.2, 0.25) is 10.0 Å². The zero-order chi connectivity index (χ0) is 8.97. The lowest BCUT2D eigenvalue weighted by atomic mass is 10.2. The Morgan fingerprint density at radius 2 is 2.08 bits per heavy atom. The molecule has 0 aliphatic rings. The fourth-order valence-corrected chi connectivity index (χ4v) is 1.23. The summed E-state index contributed by atoms with van der Waals surface area (Å²) >= 11 is 11.7. The van der Waals surface area contributed by atoms with Gasteiger partial charge in [-0.3, -0.25) is 0 Å². The third-order valence-corrected chi connectivity index (χ3v) is 2.07. The van der Waals surface area contributed by atoms with Crippen molar-refractivity contribution in [3.63, 3.8) is 0 Å². The van der Waals surface area contributed by atoms with Gasteiger partial charge in [-0.2, -0.15) is 0 Å². The summed E-state index contributed by atoms with van der Waals surface area (Å²) in [5, 5.41) is 1.39. The first kappa shape index (κ1) is 9.85. The van der Waals surface area contributed by atoms with Gasteiger partial charge in [0.15, 0.2) is 0 Å². The molecule has 0 bridgehead atoms. The summed E-state index contributed by atoms with van der Waals surface area (Å²) in [7, 11) is 0. The van der Waals surface area contributed by atoms with Crippen molar-refractivity contribution < 1.29 is 4.74 Å². The second-order valence-corrected chi connectivity index (χ2v) is 3.22. The molecule has 0 N–H and O–H groups in total. The molecule has 0 saturated heterocycles. The van der Waals surface area contributed by atoms with Gasteiger partial charge >= 0.3 is 0 Å². The lowest BCUT2D eigenvalue weighted by molar-refractivity contribution is 0.134. The van der Waals surface area contributed by atoms with Gasteiger partial charge in [-0.05, 0) is 30.7 Å². The van der Waals surface area contributed by atoms with Crippen molar-refractivity contribution in [2.24, 2.45) is 0 Å². The predicted molar refractivity (Wildman–Crippen MR) is 51.8 cm³/mol. The number of hydrogen-bond acceptors (Lipinski definition) is 1. The fourth-order valence-electron chi connectivity index (χ4n) is 0.866. The maximum Gasteiger partial charge on any atom is 0.0731 e. The van der Waals surface area contributed by atoms with E-state index in [-0.39, 0.29) is 0 Å². The molecule has 0 radical (unpaired) electrons. The molecule has 0 fully saturated rings. The molecule has 1 aromatic rings. The lowest BCUT2D eigenvalue weighted by Gasteiger charge is -2.04. The lowest BCUT2D eigenvalue weighted by Crippen LogP contribution is -1.92. The number of ether oxygens (including phenoxy) is 1. The Morgan fingerprint density at radius 3 is 2.75 bits per heavy atom. The largest absolute Gasteiger partial charge is 0.377 e. The fraction of sp³-hybridized carbons (Fsp3) is 0.333. The zero-order valence-electron chi connectivity index (χ0n) is 6.81. The van der Waals surface area contributed by atoms with Crippen molar-refractivity contribution in [2.75, 3.05) is 6.61 Å². The smallest absolute Gasteiger partial charge is 0.0731 e. The molecule has 1 rings (SSSR count). The monoisotopic (exact) mass is 204 g/mol. The minimum atomic E-state index is 0.524. The van der Waals surface area contributed by atoms with Crippen LogP contribution in [-0.4, -0.2) is 6.61 Å². The molecular formula is C9H10Cl2O. The first-order valence-electron chi connectivity index (χ1n) is 3.75. The standard InChI is InChI=1S/C9H10Cl2O/c1-2-12-6-7-5-8(10)3-4-9(7)11/h3-5H,2,6H2,1H3. The Balaban J connectivity index is 2.75. The molecule has 0 spiro atoms. The maximum atomic E-state index is 5.89. The highest BCUT2D eigenvalue weighted by Gasteiger charge is 2.00. The first-order valence-corrected chi connectivity index (χ1v) is 4.51. The predicted octanol–water partition coefficient (Wildman–Crippen LogP) is 3.53. The van der Waals surface area contributed by atoms with E-state index < -0.39 is 0 Å². The van der Waals surface area contributed by atoms with Crippen molar-refractivity contribution in [3.8, 4) is 0 Å². The van der Waals surface area contributed by atoms with Crippen LogP contribution in [0, 0.1) is 0 Å². The summed E-state index contributed by atoms with van der Waals surface area (Å²) in [6.07, 6.45) is 0. The molecule has 0 heterocycles. The van der Waals surface area contributed by atoms with Crippen LogP contribution in [0.4, 0.5) is 0 Å². The van der Waals surface area contributed by atoms with Crippen LogP contribution < -0.4 is 0 Å². The van der Waals surface area contributed by atoms with Crippen LogP contribution in [0.15, 0.2) is 18.2 Å². The van der Waals surface area contributed by atoms with Crippen molar-refractivity contribution >= 4 is 23.2 Å². The number of benzene rings is 1. The summed E-state index contributed by atoms with van der Waals surface area (Å²) < 4.78 is 5.21. The number of hydrogen-bond donors (Lipinski definition) is 0. The maximum absolute atomic E-state index is 5.89. The molecule has 0 unspecified atom stereocenters. The van der Waals surface area contributed by atoms with Gasteiger partial charge in [0.05, 0.1) is 6.61 Å². The van der Waals surface area contributed by atoms with Gasteiger partial charge in [0.2, 0.25) is 0 Å². The summed E-state index contributed by atoms with van der Waals surface area (Å²) in [6, 6.07) is 5.36. The Hall–Kier alpha value is -0.240. The van der Waals surface area contributed by atoms with E-state index in [1.165, 1.54) is 0 Å². The molecule has 0 aliphatic carbocycles. The Kier molecular flexibility index (Phi) is 3.86. The van der Waals surface area contributed by atoms with Crippen LogP contribution in [0.3, 0.4) is 0 Å². The van der Waals surface area contributed by atoms with Gasteiger partial charge in [-0.15, -0.1) is 0 Å². The summed E-state index contributed by atoms with van der Waals surface area (Å²) in [5.74, 6) is 0. The normalized spacial score (nSPS) is 10.2. The highest BCUT2D eigenvalue weighted by Crippen LogP contribution is 2.20. The molecule has 3 heteroatoms. The van der Waals surface area contributed by atoms with E-state index in [9.17, 15) is 0 Å². The minimum absolute atomic E-state index is 0.524. The molecule has 66 valence electrons. The average molecular weight is 205 g/mol. The van der Waals surface area contributed by atoms with Crippen LogP contribution in [0.5, 0.6) is 0 Å². The second kappa shape index (κ2) is 4.70. The van der Waals surface area contributed by atoms with Gasteiger partial charge in [0, 0.05) is 16.7 Å². The van der Waals surface area contributed by atoms with E-state index in [1.54, 1.807) is 12.1 Å². The third-order valence-electron chi connectivity index (χ3n) is 1.47. The van der Waals surface area contributed by atoms with E-state index in [4.69, 9.17) is 27.9 Å². The van der Waals surface area contributed by atoms with Crippen LogP contribution >= 0.6 is 23.2 Å². The molecule has 0 aromatic heterocycles. The quantitative estimate of drug-likeness (QED) is 0.733. The topological polar surface area (TPSA) is 9.23 Å². The van der Waals surface area contributed by atoms with Crippen LogP contribution in [0.1, 0.15) is 12.5 Å². The van der Waals surface area contributed by atoms with Crippen LogP contribution in [-0.2, 0) is 11.3 Å². The molecular weight excluding hydrogens is 195 g/mol. The third kappa shape index (κ3) is 2.67. The van der Waals surface area contributed by atoms with Gasteiger partial charge in [-0.25, -0.2) is 0 Å². The number of halogens is 2. The van der Waals surface area contributed by atoms with Crippen molar-refractivity contribution in [3.05, 3.63) is 33.8 Å². The molecule has 0 aliphatic heterocycles. The number of rotatable bonds is 3. The van der Waals surface area contributed by atoms with E-state index in [2.05, 4.69) is 0 Å². The molecule has 1 nitrogen and oxygen atoms in total. The van der Waals surface area contributed by atoms with Crippen molar-refractivity contribution in [1.82, 2.24) is 0 Å². The van der Waals surface area contributed by atoms with Crippen molar-refractivity contribution in [1.29, 1.82) is 0 Å². The van der Waals surface area contributed by atoms with Gasteiger partial charge < -0.3 is 4.74 Å². The Morgan fingerprint density at radius 1 is 1.33 bits per heavy atom. The Labute approximate surface area is 82.2 Å². The van der Waals surface area contributed by atoms with E-state index in [0.29, 0.717) is 23.3 Å². The summed E-state index contributed by atoms with van der Waals surface area (Å²) in [5.41, 5.74) is 0.936. The van der Waals surface area contributed by atoms with E-state index >= 15 is 0 Å². The molecule has 0 saturated carbocycles. The van der Waals surface area contributed by atoms with Gasteiger partial charge in [0.25, 0.3) is 0 Å². The van der Waals surface area contributed by atoms with E-state index in [1.807, 2.05) is 13.0 Å². The summed E-state index contributed by atoms with van der Waals surface area (Å²) in [6.45, 7) is 3.15. The summed E-state index contributed by atoms with van der Waals surface area (Å²) in [4.78, 5) is 0.